The lowest BCUT2D eigenvalue weighted by Crippen LogP contribution is -2.26. The summed E-state index contributed by atoms with van der Waals surface area (Å²) in [6.45, 7) is 0. The zero-order chi connectivity index (χ0) is 44.5. The van der Waals surface area contributed by atoms with Crippen molar-refractivity contribution in [2.75, 3.05) is 9.80 Å². The molecule has 3 heterocycles. The van der Waals surface area contributed by atoms with Crippen LogP contribution in [0.1, 0.15) is 22.5 Å². The summed E-state index contributed by atoms with van der Waals surface area (Å²) in [5.74, 6) is 0.962. The molecule has 68 heavy (non-hydrogen) atoms. The van der Waals surface area contributed by atoms with E-state index in [1.54, 1.807) is 0 Å². The van der Waals surface area contributed by atoms with Gasteiger partial charge in [0.15, 0.2) is 0 Å². The third-order valence-electron chi connectivity index (χ3n) is 14.4. The Morgan fingerprint density at radius 3 is 1.56 bits per heavy atom. The molecule has 1 unspecified atom stereocenters. The SMILES string of the molecule is c1ccc(N(c2ccc3c(c2)C2(c4ccccc4-c4ccc(N(c5ccccc5)c5ccc6sc7ccccc7c6c5)cc42)c2oc4ccccc4c2-3)c2ccc3oc4ccccc4c3c2)cc1. The highest BCUT2D eigenvalue weighted by atomic mass is 32.1. The smallest absolute Gasteiger partial charge is 0.135 e. The monoisotopic (exact) mass is 886 g/mol. The van der Waals surface area contributed by atoms with Crippen molar-refractivity contribution in [2.45, 2.75) is 5.41 Å². The maximum absolute atomic E-state index is 7.31. The van der Waals surface area contributed by atoms with Gasteiger partial charge in [-0.05, 0) is 137 Å². The first kappa shape index (κ1) is 37.6. The molecule has 15 rings (SSSR count). The van der Waals surface area contributed by atoms with Gasteiger partial charge in [0, 0.05) is 76.0 Å². The summed E-state index contributed by atoms with van der Waals surface area (Å²) in [5, 5.41) is 5.85. The van der Waals surface area contributed by atoms with Crippen LogP contribution in [-0.2, 0) is 5.41 Å². The van der Waals surface area contributed by atoms with Gasteiger partial charge in [0.25, 0.3) is 0 Å². The molecule has 0 aliphatic heterocycles. The summed E-state index contributed by atoms with van der Waals surface area (Å²) < 4.78 is 16.2. The Balaban J connectivity index is 0.996. The van der Waals surface area contributed by atoms with Gasteiger partial charge in [-0.2, -0.15) is 0 Å². The number of thiophene rings is 1. The van der Waals surface area contributed by atoms with Crippen molar-refractivity contribution in [1.29, 1.82) is 0 Å². The largest absolute Gasteiger partial charge is 0.459 e. The highest BCUT2D eigenvalue weighted by Gasteiger charge is 2.55. The number of para-hydroxylation sites is 4. The molecule has 0 saturated carbocycles. The number of benzene rings is 10. The van der Waals surface area contributed by atoms with Crippen molar-refractivity contribution in [3.05, 3.63) is 253 Å². The summed E-state index contributed by atoms with van der Waals surface area (Å²) in [6.07, 6.45) is 0. The van der Waals surface area contributed by atoms with Crippen molar-refractivity contribution in [2.24, 2.45) is 0 Å². The molecule has 0 amide bonds. The van der Waals surface area contributed by atoms with Crippen LogP contribution in [0.15, 0.2) is 239 Å². The van der Waals surface area contributed by atoms with Gasteiger partial charge in [0.1, 0.15) is 27.9 Å². The van der Waals surface area contributed by atoms with Gasteiger partial charge in [0.2, 0.25) is 0 Å². The maximum Gasteiger partial charge on any atom is 0.135 e. The van der Waals surface area contributed by atoms with Gasteiger partial charge in [-0.3, -0.25) is 0 Å². The summed E-state index contributed by atoms with van der Waals surface area (Å²) in [5.41, 5.74) is 16.7. The van der Waals surface area contributed by atoms with Crippen LogP contribution in [0.3, 0.4) is 0 Å². The number of rotatable bonds is 6. The predicted octanol–water partition coefficient (Wildman–Crippen LogP) is 18.0. The van der Waals surface area contributed by atoms with E-state index in [0.29, 0.717) is 0 Å². The van der Waals surface area contributed by atoms with Crippen LogP contribution in [0.5, 0.6) is 0 Å². The molecule has 2 aliphatic carbocycles. The van der Waals surface area contributed by atoms with E-state index in [0.717, 1.165) is 78.4 Å². The highest BCUT2D eigenvalue weighted by Crippen LogP contribution is 2.66. The van der Waals surface area contributed by atoms with Crippen molar-refractivity contribution in [3.63, 3.8) is 0 Å². The van der Waals surface area contributed by atoms with E-state index in [2.05, 4.69) is 228 Å². The van der Waals surface area contributed by atoms with E-state index in [1.807, 2.05) is 23.5 Å². The number of fused-ring (bicyclic) bond motifs is 18. The third-order valence-corrected chi connectivity index (χ3v) is 15.6. The first-order valence-corrected chi connectivity index (χ1v) is 24.0. The van der Waals surface area contributed by atoms with Gasteiger partial charge in [-0.15, -0.1) is 11.3 Å². The summed E-state index contributed by atoms with van der Waals surface area (Å²) in [6, 6.07) is 83.7. The molecule has 0 saturated heterocycles. The average Bonchev–Trinajstić information content (AvgIpc) is 4.20. The van der Waals surface area contributed by atoms with Crippen LogP contribution in [0.25, 0.3) is 75.3 Å². The standard InChI is InChI=1S/C63H38N2O2S/c1-3-15-39(16-4-1)64(41-29-33-58-51(35-41)47-20-8-12-24-56(47)66-58)44-28-32-49-55(38-44)63(62-61(49)50-22-9-13-25-57(50)67-62)53-23-11-7-19-45(53)46-31-27-43(37-54(46)63)65(40-17-5-2-6-18-40)42-30-34-60-52(36-42)48-21-10-14-26-59(48)68-60/h1-38H. The number of nitrogens with zero attached hydrogens (tertiary/aromatic N) is 2. The van der Waals surface area contributed by atoms with Gasteiger partial charge < -0.3 is 18.6 Å². The lowest BCUT2D eigenvalue weighted by molar-refractivity contribution is 0.507. The van der Waals surface area contributed by atoms with Crippen molar-refractivity contribution >= 4 is 98.5 Å². The minimum absolute atomic E-state index is 0.773. The van der Waals surface area contributed by atoms with Crippen molar-refractivity contribution < 1.29 is 8.83 Å². The molecule has 2 aliphatic rings. The minimum atomic E-state index is -0.773. The van der Waals surface area contributed by atoms with Gasteiger partial charge in [0.05, 0.1) is 0 Å². The topological polar surface area (TPSA) is 32.8 Å². The van der Waals surface area contributed by atoms with Crippen LogP contribution in [0, 0.1) is 0 Å². The van der Waals surface area contributed by atoms with E-state index in [9.17, 15) is 0 Å². The molecule has 13 aromatic rings. The predicted molar refractivity (Wildman–Crippen MR) is 282 cm³/mol. The third kappa shape index (κ3) is 5.19. The van der Waals surface area contributed by atoms with Crippen LogP contribution >= 0.6 is 11.3 Å². The second kappa shape index (κ2) is 14.2. The molecule has 1 atom stereocenters. The second-order valence-corrected chi connectivity index (χ2v) is 19.0. The Morgan fingerprint density at radius 2 is 0.809 bits per heavy atom. The number of hydrogen-bond donors (Lipinski definition) is 0. The summed E-state index contributed by atoms with van der Waals surface area (Å²) in [7, 11) is 0. The Bertz CT molecular complexity index is 4180. The zero-order valence-corrected chi connectivity index (χ0v) is 37.4. The Kier molecular flexibility index (Phi) is 7.83. The zero-order valence-electron chi connectivity index (χ0n) is 36.6. The first-order chi connectivity index (χ1) is 33.7. The van der Waals surface area contributed by atoms with Crippen molar-refractivity contribution in [1.82, 2.24) is 0 Å². The average molecular weight is 887 g/mol. The quantitative estimate of drug-likeness (QED) is 0.167. The van der Waals surface area contributed by atoms with E-state index in [4.69, 9.17) is 8.83 Å². The molecule has 0 radical (unpaired) electrons. The van der Waals surface area contributed by atoms with Crippen LogP contribution in [0.4, 0.5) is 34.1 Å². The normalized spacial score (nSPS) is 14.5. The van der Waals surface area contributed by atoms with Crippen LogP contribution in [-0.4, -0.2) is 0 Å². The fourth-order valence-electron chi connectivity index (χ4n) is 11.6. The molecule has 4 nitrogen and oxygen atoms in total. The van der Waals surface area contributed by atoms with Gasteiger partial charge in [-0.25, -0.2) is 0 Å². The van der Waals surface area contributed by atoms with Gasteiger partial charge in [-0.1, -0.05) is 127 Å². The molecular formula is C63H38N2O2S. The Morgan fingerprint density at radius 1 is 0.309 bits per heavy atom. The number of hydrogen-bond acceptors (Lipinski definition) is 5. The molecule has 3 aromatic heterocycles. The molecular weight excluding hydrogens is 849 g/mol. The molecule has 318 valence electrons. The molecule has 0 N–H and O–H groups in total. The van der Waals surface area contributed by atoms with Gasteiger partial charge >= 0.3 is 0 Å². The first-order valence-electron chi connectivity index (χ1n) is 23.1. The Labute approximate surface area is 395 Å². The number of furan rings is 2. The van der Waals surface area contributed by atoms with E-state index in [-0.39, 0.29) is 0 Å². The second-order valence-electron chi connectivity index (χ2n) is 18.0. The fraction of sp³-hybridized carbons (Fsp3) is 0.0159. The minimum Gasteiger partial charge on any atom is -0.459 e. The molecule has 0 fully saturated rings. The van der Waals surface area contributed by atoms with E-state index in [1.165, 1.54) is 53.6 Å². The Hall–Kier alpha value is -8.64. The lowest BCUT2D eigenvalue weighted by Gasteiger charge is -2.32. The molecule has 0 bridgehead atoms. The maximum atomic E-state index is 7.31. The van der Waals surface area contributed by atoms with E-state index >= 15 is 0 Å². The number of anilines is 6. The lowest BCUT2D eigenvalue weighted by atomic mass is 9.73. The summed E-state index contributed by atoms with van der Waals surface area (Å²) in [4.78, 5) is 4.80. The van der Waals surface area contributed by atoms with Crippen LogP contribution < -0.4 is 9.80 Å². The van der Waals surface area contributed by atoms with Crippen LogP contribution in [0.2, 0.25) is 0 Å². The van der Waals surface area contributed by atoms with Crippen molar-refractivity contribution in [3.8, 4) is 22.3 Å². The van der Waals surface area contributed by atoms with E-state index < -0.39 is 5.41 Å². The molecule has 10 aromatic carbocycles. The highest BCUT2D eigenvalue weighted by molar-refractivity contribution is 7.25. The molecule has 1 spiro atoms. The summed E-state index contributed by atoms with van der Waals surface area (Å²) >= 11 is 1.85. The fourth-order valence-corrected chi connectivity index (χ4v) is 12.7. The molecule has 5 heteroatoms.